The Morgan fingerprint density at radius 1 is 1.37 bits per heavy atom. The molecule has 2 aromatic heterocycles. The van der Waals surface area contributed by atoms with Gasteiger partial charge in [0.25, 0.3) is 10.0 Å². The van der Waals surface area contributed by atoms with Crippen molar-refractivity contribution < 1.29 is 12.8 Å². The van der Waals surface area contributed by atoms with Gasteiger partial charge in [0.15, 0.2) is 0 Å². The number of nitrogens with one attached hydrogen (secondary N) is 1. The zero-order chi connectivity index (χ0) is 13.9. The molecule has 5 nitrogen and oxygen atoms in total. The van der Waals surface area contributed by atoms with Gasteiger partial charge in [-0.05, 0) is 35.6 Å². The number of thiophene rings is 1. The first-order chi connectivity index (χ1) is 9.06. The van der Waals surface area contributed by atoms with Crippen LogP contribution in [0.4, 0.5) is 0 Å². The average Bonchev–Trinajstić information content (AvgIpc) is 3.05. The lowest BCUT2D eigenvalue weighted by Gasteiger charge is -2.04. The molecule has 0 spiro atoms. The SMILES string of the molecule is CCc1ccsc1CNS(=O)(=O)c1ccc(CN)o1. The third-order valence-corrected chi connectivity index (χ3v) is 4.98. The van der Waals surface area contributed by atoms with Crippen LogP contribution in [0.3, 0.4) is 0 Å². The van der Waals surface area contributed by atoms with Gasteiger partial charge in [0, 0.05) is 11.4 Å². The van der Waals surface area contributed by atoms with Gasteiger partial charge in [-0.1, -0.05) is 6.92 Å². The minimum atomic E-state index is -3.62. The van der Waals surface area contributed by atoms with Crippen LogP contribution >= 0.6 is 11.3 Å². The summed E-state index contributed by atoms with van der Waals surface area (Å²) in [5.74, 6) is 0.450. The van der Waals surface area contributed by atoms with Crippen molar-refractivity contribution in [1.82, 2.24) is 4.72 Å². The summed E-state index contributed by atoms with van der Waals surface area (Å²) in [6.45, 7) is 2.50. The molecule has 3 N–H and O–H groups in total. The second kappa shape index (κ2) is 5.87. The van der Waals surface area contributed by atoms with Gasteiger partial charge in [0.2, 0.25) is 5.09 Å². The Morgan fingerprint density at radius 2 is 2.16 bits per heavy atom. The maximum atomic E-state index is 12.0. The molecule has 2 heterocycles. The first-order valence-electron chi connectivity index (χ1n) is 5.90. The molecule has 2 aromatic rings. The summed E-state index contributed by atoms with van der Waals surface area (Å²) >= 11 is 1.54. The molecule has 7 heteroatoms. The molecule has 0 saturated heterocycles. The molecular weight excluding hydrogens is 284 g/mol. The third-order valence-electron chi connectivity index (χ3n) is 2.74. The topological polar surface area (TPSA) is 85.3 Å². The van der Waals surface area contributed by atoms with E-state index in [1.54, 1.807) is 17.4 Å². The van der Waals surface area contributed by atoms with Gasteiger partial charge in [-0.25, -0.2) is 13.1 Å². The first-order valence-corrected chi connectivity index (χ1v) is 8.26. The van der Waals surface area contributed by atoms with Gasteiger partial charge >= 0.3 is 0 Å². The summed E-state index contributed by atoms with van der Waals surface area (Å²) in [6.07, 6.45) is 0.888. The van der Waals surface area contributed by atoms with Crippen LogP contribution in [0.1, 0.15) is 23.1 Å². The number of nitrogens with two attached hydrogens (primary N) is 1. The Morgan fingerprint density at radius 3 is 2.79 bits per heavy atom. The third kappa shape index (κ3) is 3.24. The van der Waals surface area contributed by atoms with Gasteiger partial charge in [0.1, 0.15) is 5.76 Å². The number of aryl methyl sites for hydroxylation is 1. The maximum Gasteiger partial charge on any atom is 0.274 e. The van der Waals surface area contributed by atoms with Crippen molar-refractivity contribution in [2.45, 2.75) is 31.5 Å². The number of hydrogen-bond acceptors (Lipinski definition) is 5. The van der Waals surface area contributed by atoms with E-state index in [1.165, 1.54) is 6.07 Å². The van der Waals surface area contributed by atoms with Crippen molar-refractivity contribution in [3.05, 3.63) is 39.8 Å². The van der Waals surface area contributed by atoms with Crippen LogP contribution in [0.15, 0.2) is 33.1 Å². The Labute approximate surface area is 116 Å². The molecule has 0 fully saturated rings. The lowest BCUT2D eigenvalue weighted by Crippen LogP contribution is -2.22. The van der Waals surface area contributed by atoms with Crippen molar-refractivity contribution >= 4 is 21.4 Å². The van der Waals surface area contributed by atoms with Crippen LogP contribution in [0.2, 0.25) is 0 Å². The van der Waals surface area contributed by atoms with E-state index in [4.69, 9.17) is 10.2 Å². The van der Waals surface area contributed by atoms with E-state index in [9.17, 15) is 8.42 Å². The Hall–Kier alpha value is -1.15. The van der Waals surface area contributed by atoms with E-state index >= 15 is 0 Å². The van der Waals surface area contributed by atoms with E-state index in [0.29, 0.717) is 5.76 Å². The molecule has 0 saturated carbocycles. The molecule has 0 unspecified atom stereocenters. The minimum Gasteiger partial charge on any atom is -0.447 e. The van der Waals surface area contributed by atoms with Crippen LogP contribution in [0, 0.1) is 0 Å². The van der Waals surface area contributed by atoms with Crippen molar-refractivity contribution in [2.75, 3.05) is 0 Å². The minimum absolute atomic E-state index is 0.0949. The van der Waals surface area contributed by atoms with Gasteiger partial charge in [0.05, 0.1) is 6.54 Å². The molecule has 0 aliphatic heterocycles. The Balaban J connectivity index is 2.09. The molecule has 0 aliphatic rings. The summed E-state index contributed by atoms with van der Waals surface area (Å²) in [6, 6.07) is 4.99. The van der Waals surface area contributed by atoms with Crippen LogP contribution in [0.5, 0.6) is 0 Å². The molecule has 104 valence electrons. The highest BCUT2D eigenvalue weighted by molar-refractivity contribution is 7.89. The molecule has 0 amide bonds. The summed E-state index contributed by atoms with van der Waals surface area (Å²) in [5, 5.41) is 1.87. The predicted octanol–water partition coefficient (Wildman–Crippen LogP) is 1.84. The normalized spacial score (nSPS) is 11.9. The van der Waals surface area contributed by atoms with Gasteiger partial charge in [-0.2, -0.15) is 0 Å². The largest absolute Gasteiger partial charge is 0.447 e. The van der Waals surface area contributed by atoms with E-state index < -0.39 is 10.0 Å². The van der Waals surface area contributed by atoms with Gasteiger partial charge in [-0.3, -0.25) is 0 Å². The fraction of sp³-hybridized carbons (Fsp3) is 0.333. The van der Waals surface area contributed by atoms with Crippen molar-refractivity contribution in [2.24, 2.45) is 5.73 Å². The molecule has 0 atom stereocenters. The zero-order valence-electron chi connectivity index (χ0n) is 10.5. The highest BCUT2D eigenvalue weighted by atomic mass is 32.2. The molecule has 0 aliphatic carbocycles. The number of furan rings is 1. The van der Waals surface area contributed by atoms with E-state index in [-0.39, 0.29) is 18.2 Å². The van der Waals surface area contributed by atoms with E-state index in [2.05, 4.69) is 4.72 Å². The van der Waals surface area contributed by atoms with Gasteiger partial charge < -0.3 is 10.2 Å². The second-order valence-electron chi connectivity index (χ2n) is 3.97. The quantitative estimate of drug-likeness (QED) is 0.852. The number of hydrogen-bond donors (Lipinski definition) is 2. The summed E-state index contributed by atoms with van der Waals surface area (Å²) in [4.78, 5) is 1.02. The predicted molar refractivity (Wildman–Crippen MR) is 74.3 cm³/mol. The van der Waals surface area contributed by atoms with E-state index in [0.717, 1.165) is 16.9 Å². The van der Waals surface area contributed by atoms with Crippen molar-refractivity contribution in [3.8, 4) is 0 Å². The van der Waals surface area contributed by atoms with Crippen LogP contribution < -0.4 is 10.5 Å². The molecule has 19 heavy (non-hydrogen) atoms. The molecule has 0 radical (unpaired) electrons. The van der Waals surface area contributed by atoms with Gasteiger partial charge in [-0.15, -0.1) is 11.3 Å². The highest BCUT2D eigenvalue weighted by Crippen LogP contribution is 2.19. The molecule has 0 aromatic carbocycles. The Kier molecular flexibility index (Phi) is 4.41. The fourth-order valence-electron chi connectivity index (χ4n) is 1.68. The number of sulfonamides is 1. The molecule has 2 rings (SSSR count). The standard InChI is InChI=1S/C12H16N2O3S2/c1-2-9-5-6-18-11(9)8-14-19(15,16)12-4-3-10(7-13)17-12/h3-6,14H,2,7-8,13H2,1H3. The summed E-state index contributed by atoms with van der Waals surface area (Å²) in [5.41, 5.74) is 6.55. The van der Waals surface area contributed by atoms with Crippen molar-refractivity contribution in [1.29, 1.82) is 0 Å². The zero-order valence-corrected chi connectivity index (χ0v) is 12.2. The second-order valence-corrected chi connectivity index (χ2v) is 6.67. The van der Waals surface area contributed by atoms with Crippen LogP contribution in [0.25, 0.3) is 0 Å². The Bertz CT molecular complexity index is 643. The summed E-state index contributed by atoms with van der Waals surface area (Å²) < 4.78 is 31.7. The number of rotatable bonds is 6. The average molecular weight is 300 g/mol. The smallest absolute Gasteiger partial charge is 0.274 e. The highest BCUT2D eigenvalue weighted by Gasteiger charge is 2.18. The fourth-order valence-corrected chi connectivity index (χ4v) is 3.63. The van der Waals surface area contributed by atoms with E-state index in [1.807, 2.05) is 18.4 Å². The molecular formula is C12H16N2O3S2. The van der Waals surface area contributed by atoms with Crippen LogP contribution in [-0.4, -0.2) is 8.42 Å². The monoisotopic (exact) mass is 300 g/mol. The summed E-state index contributed by atoms with van der Waals surface area (Å²) in [7, 11) is -3.62. The lowest BCUT2D eigenvalue weighted by molar-refractivity contribution is 0.413. The molecule has 0 bridgehead atoms. The van der Waals surface area contributed by atoms with Crippen molar-refractivity contribution in [3.63, 3.8) is 0 Å². The lowest BCUT2D eigenvalue weighted by atomic mass is 10.2. The first kappa shape index (κ1) is 14.3. The maximum absolute atomic E-state index is 12.0. The van der Waals surface area contributed by atoms with Crippen LogP contribution in [-0.2, 0) is 29.5 Å².